The molecule has 0 heterocycles. The standard InChI is InChI=1S/C9H5F11OS/c10-8(11,12)7(9(13,14)15)21-5-1-3-6(4-2-5)22(16,17,18,19)20/h1-4,7H. The predicted octanol–water partition coefficient (Wildman–Crippen LogP) is 6.22. The van der Waals surface area contributed by atoms with Crippen molar-refractivity contribution in [2.45, 2.75) is 23.4 Å². The summed E-state index contributed by atoms with van der Waals surface area (Å²) in [5.74, 6) is -1.30. The van der Waals surface area contributed by atoms with E-state index in [0.29, 0.717) is 0 Å². The highest BCUT2D eigenvalue weighted by atomic mass is 32.5. The van der Waals surface area contributed by atoms with Crippen LogP contribution >= 0.6 is 10.2 Å². The lowest BCUT2D eigenvalue weighted by molar-refractivity contribution is -0.299. The van der Waals surface area contributed by atoms with Gasteiger partial charge in [0.05, 0.1) is 0 Å². The Labute approximate surface area is 115 Å². The van der Waals surface area contributed by atoms with Gasteiger partial charge in [-0.1, -0.05) is 19.4 Å². The minimum atomic E-state index is -10.1. The minimum Gasteiger partial charge on any atom is -0.471 e. The summed E-state index contributed by atoms with van der Waals surface area (Å²) in [4.78, 5) is -2.47. The first-order valence-electron chi connectivity index (χ1n) is 4.95. The van der Waals surface area contributed by atoms with Gasteiger partial charge in [0.25, 0.3) is 6.10 Å². The predicted molar refractivity (Wildman–Crippen MR) is 54.4 cm³/mol. The molecule has 0 aromatic heterocycles. The molecular weight excluding hydrogens is 365 g/mol. The second kappa shape index (κ2) is 4.32. The van der Waals surface area contributed by atoms with Gasteiger partial charge in [-0.25, -0.2) is 0 Å². The van der Waals surface area contributed by atoms with E-state index in [2.05, 4.69) is 4.74 Å². The van der Waals surface area contributed by atoms with E-state index in [4.69, 9.17) is 0 Å². The molecule has 0 unspecified atom stereocenters. The fourth-order valence-electron chi connectivity index (χ4n) is 1.23. The van der Waals surface area contributed by atoms with Crippen molar-refractivity contribution in [2.75, 3.05) is 0 Å². The van der Waals surface area contributed by atoms with E-state index in [1.807, 2.05) is 0 Å². The lowest BCUT2D eigenvalue weighted by Crippen LogP contribution is -2.46. The van der Waals surface area contributed by atoms with Crippen molar-refractivity contribution in [1.29, 1.82) is 0 Å². The van der Waals surface area contributed by atoms with E-state index in [1.54, 1.807) is 0 Å². The van der Waals surface area contributed by atoms with E-state index in [9.17, 15) is 45.8 Å². The number of hydrogen-bond acceptors (Lipinski definition) is 1. The Hall–Kier alpha value is -1.40. The summed E-state index contributed by atoms with van der Waals surface area (Å²) in [6.45, 7) is 0. The second-order valence-electron chi connectivity index (χ2n) is 4.02. The summed E-state index contributed by atoms with van der Waals surface area (Å²) in [6.07, 6.45) is -16.1. The van der Waals surface area contributed by atoms with E-state index in [1.165, 1.54) is 0 Å². The molecule has 0 radical (unpaired) electrons. The van der Waals surface area contributed by atoms with Crippen molar-refractivity contribution in [1.82, 2.24) is 0 Å². The van der Waals surface area contributed by atoms with Gasteiger partial charge in [-0.05, 0) is 24.3 Å². The van der Waals surface area contributed by atoms with Gasteiger partial charge < -0.3 is 4.74 Å². The van der Waals surface area contributed by atoms with Crippen LogP contribution in [0.4, 0.5) is 45.8 Å². The molecule has 0 atom stereocenters. The highest BCUT2D eigenvalue weighted by Crippen LogP contribution is 3.02. The number of halogens is 11. The summed E-state index contributed by atoms with van der Waals surface area (Å²) in [5, 5.41) is 0. The molecule has 0 N–H and O–H groups in total. The lowest BCUT2D eigenvalue weighted by atomic mass is 10.3. The van der Waals surface area contributed by atoms with Gasteiger partial charge in [0.1, 0.15) is 10.6 Å². The fourth-order valence-corrected chi connectivity index (χ4v) is 1.88. The largest absolute Gasteiger partial charge is 0.471 e. The molecule has 0 aliphatic rings. The number of hydrogen-bond donors (Lipinski definition) is 0. The highest BCUT2D eigenvalue weighted by Gasteiger charge is 2.65. The first kappa shape index (κ1) is 18.6. The van der Waals surface area contributed by atoms with Crippen LogP contribution in [-0.2, 0) is 0 Å². The van der Waals surface area contributed by atoms with Crippen molar-refractivity contribution in [2.24, 2.45) is 0 Å². The maximum atomic E-state index is 12.3. The topological polar surface area (TPSA) is 9.23 Å². The van der Waals surface area contributed by atoms with E-state index in [0.717, 1.165) is 0 Å². The van der Waals surface area contributed by atoms with Crippen molar-refractivity contribution >= 4 is 10.2 Å². The van der Waals surface area contributed by atoms with Crippen LogP contribution in [0.15, 0.2) is 29.2 Å². The first-order valence-corrected chi connectivity index (χ1v) is 6.90. The Bertz CT molecular complexity index is 524. The van der Waals surface area contributed by atoms with Crippen LogP contribution in [0.1, 0.15) is 0 Å². The molecule has 0 amide bonds. The summed E-state index contributed by atoms with van der Waals surface area (Å²) in [6, 6.07) is -0.836. The smallest absolute Gasteiger partial charge is 0.434 e. The number of alkyl halides is 6. The van der Waals surface area contributed by atoms with Gasteiger partial charge in [-0.15, -0.1) is 0 Å². The molecule has 13 heteroatoms. The molecule has 0 saturated carbocycles. The lowest BCUT2D eigenvalue weighted by Gasteiger charge is -2.40. The van der Waals surface area contributed by atoms with Crippen LogP contribution in [0.2, 0.25) is 0 Å². The first-order chi connectivity index (χ1) is 9.30. The van der Waals surface area contributed by atoms with E-state index < -0.39 is 39.3 Å². The monoisotopic (exact) mass is 370 g/mol. The average molecular weight is 370 g/mol. The summed E-state index contributed by atoms with van der Waals surface area (Å²) in [5.41, 5.74) is 0. The Morgan fingerprint density at radius 2 is 1.09 bits per heavy atom. The maximum Gasteiger partial charge on any atom is 0.434 e. The van der Waals surface area contributed by atoms with Gasteiger partial charge in [0.15, 0.2) is 0 Å². The van der Waals surface area contributed by atoms with Crippen LogP contribution in [0.3, 0.4) is 0 Å². The summed E-state index contributed by atoms with van der Waals surface area (Å²) in [7, 11) is -10.1. The third kappa shape index (κ3) is 4.81. The zero-order valence-corrected chi connectivity index (χ0v) is 10.7. The van der Waals surface area contributed by atoms with Crippen LogP contribution < -0.4 is 4.74 Å². The average Bonchev–Trinajstić information content (AvgIpc) is 2.20. The Kier molecular flexibility index (Phi) is 3.67. The Morgan fingerprint density at radius 3 is 1.36 bits per heavy atom. The highest BCUT2D eigenvalue weighted by molar-refractivity contribution is 8.45. The van der Waals surface area contributed by atoms with Crippen LogP contribution in [0.25, 0.3) is 0 Å². The van der Waals surface area contributed by atoms with E-state index in [-0.39, 0.29) is 24.3 Å². The van der Waals surface area contributed by atoms with Crippen molar-refractivity contribution in [3.8, 4) is 5.75 Å². The minimum absolute atomic E-state index is 0.0578. The Balaban J connectivity index is 3.12. The molecule has 1 rings (SSSR count). The number of ether oxygens (including phenoxy) is 1. The molecule has 0 spiro atoms. The summed E-state index contributed by atoms with van der Waals surface area (Å²) < 4.78 is 138. The molecule has 0 bridgehead atoms. The molecule has 1 aromatic rings. The van der Waals surface area contributed by atoms with Crippen molar-refractivity contribution in [3.05, 3.63) is 24.3 Å². The SMILES string of the molecule is FC(F)(F)C(Oc1ccc(S(F)(F)(F)(F)F)cc1)C(F)(F)F. The quantitative estimate of drug-likeness (QED) is 0.575. The van der Waals surface area contributed by atoms with Gasteiger partial charge >= 0.3 is 22.6 Å². The molecule has 1 nitrogen and oxygen atoms in total. The molecule has 130 valence electrons. The molecular formula is C9H5F11OS. The van der Waals surface area contributed by atoms with Crippen LogP contribution in [0, 0.1) is 0 Å². The zero-order chi connectivity index (χ0) is 17.7. The van der Waals surface area contributed by atoms with E-state index >= 15 is 0 Å². The zero-order valence-electron chi connectivity index (χ0n) is 9.86. The molecule has 0 aliphatic carbocycles. The fraction of sp³-hybridized carbons (Fsp3) is 0.333. The normalized spacial score (nSPS) is 17.1. The molecule has 0 saturated heterocycles. The third-order valence-corrected chi connectivity index (χ3v) is 3.28. The second-order valence-corrected chi connectivity index (χ2v) is 6.43. The Morgan fingerprint density at radius 1 is 0.727 bits per heavy atom. The van der Waals surface area contributed by atoms with Crippen molar-refractivity contribution in [3.63, 3.8) is 0 Å². The third-order valence-electron chi connectivity index (χ3n) is 2.12. The van der Waals surface area contributed by atoms with Crippen LogP contribution in [0.5, 0.6) is 5.75 Å². The number of benzene rings is 1. The summed E-state index contributed by atoms with van der Waals surface area (Å²) >= 11 is 0. The van der Waals surface area contributed by atoms with Gasteiger partial charge in [-0.3, -0.25) is 0 Å². The van der Waals surface area contributed by atoms with Crippen LogP contribution in [-0.4, -0.2) is 18.5 Å². The van der Waals surface area contributed by atoms with Crippen molar-refractivity contribution < 1.29 is 50.5 Å². The van der Waals surface area contributed by atoms with Gasteiger partial charge in [0.2, 0.25) is 0 Å². The molecule has 1 aromatic carbocycles. The molecule has 0 aliphatic heterocycles. The van der Waals surface area contributed by atoms with Gasteiger partial charge in [-0.2, -0.15) is 26.3 Å². The maximum absolute atomic E-state index is 12.3. The molecule has 0 fully saturated rings. The molecule has 22 heavy (non-hydrogen) atoms. The number of rotatable bonds is 3. The van der Waals surface area contributed by atoms with Gasteiger partial charge in [0, 0.05) is 0 Å².